The molecule has 2 aliphatic rings. The second-order valence-corrected chi connectivity index (χ2v) is 9.47. The highest BCUT2D eigenvalue weighted by atomic mass is 16.5. The van der Waals surface area contributed by atoms with Gasteiger partial charge in [0.15, 0.2) is 0 Å². The van der Waals surface area contributed by atoms with Crippen LogP contribution in [0.25, 0.3) is 44.2 Å². The minimum atomic E-state index is -1.71. The van der Waals surface area contributed by atoms with Crippen LogP contribution < -0.4 is 0 Å². The molecule has 4 aromatic carbocycles. The molecule has 0 unspecified atom stereocenters. The van der Waals surface area contributed by atoms with Crippen molar-refractivity contribution < 1.29 is 28.7 Å². The summed E-state index contributed by atoms with van der Waals surface area (Å²) in [6.07, 6.45) is 9.08. The van der Waals surface area contributed by atoms with Crippen LogP contribution in [0.3, 0.4) is 0 Å². The number of benzene rings is 4. The Morgan fingerprint density at radius 1 is 0.548 bits per heavy atom. The van der Waals surface area contributed by atoms with Crippen LogP contribution in [0.5, 0.6) is 0 Å². The normalized spacial score (nSPS) is 19.7. The van der Waals surface area contributed by atoms with Crippen LogP contribution in [0.1, 0.15) is 22.3 Å². The molecule has 4 aromatic rings. The molecule has 10 heteroatoms. The molecule has 0 saturated carbocycles. The van der Waals surface area contributed by atoms with Crippen LogP contribution in [0.15, 0.2) is 92.8 Å². The van der Waals surface area contributed by atoms with Gasteiger partial charge in [-0.25, -0.2) is 19.2 Å². The van der Waals surface area contributed by atoms with Gasteiger partial charge >= 0.3 is 0 Å². The number of nitrogens with zero attached hydrogens (tertiary/aromatic N) is 4. The van der Waals surface area contributed by atoms with Crippen LogP contribution in [0, 0.1) is 0 Å². The van der Waals surface area contributed by atoms with E-state index in [9.17, 15) is 19.2 Å². The van der Waals surface area contributed by atoms with E-state index in [2.05, 4.69) is 20.0 Å². The van der Waals surface area contributed by atoms with Gasteiger partial charge in [-0.2, -0.15) is 20.0 Å². The first kappa shape index (κ1) is 26.2. The predicted molar refractivity (Wildman–Crippen MR) is 153 cm³/mol. The Morgan fingerprint density at radius 3 is 1.26 bits per heavy atom. The fraction of sp³-hybridized carbons (Fsp3) is 0.125. The lowest BCUT2D eigenvalue weighted by atomic mass is 9.78. The molecule has 0 bridgehead atoms. The van der Waals surface area contributed by atoms with Crippen molar-refractivity contribution in [3.63, 3.8) is 0 Å². The minimum Gasteiger partial charge on any atom is -0.496 e. The lowest BCUT2D eigenvalue weighted by Crippen LogP contribution is -2.24. The molecule has 0 aliphatic heterocycles. The number of carbonyl (C=O) groups excluding carboxylic acids is 4. The molecule has 0 fully saturated rings. The molecular weight excluding hydrogens is 536 g/mol. The van der Waals surface area contributed by atoms with Gasteiger partial charge in [-0.3, -0.25) is 0 Å². The van der Waals surface area contributed by atoms with Crippen molar-refractivity contribution in [2.45, 2.75) is 11.3 Å². The molecule has 0 N–H and O–H groups in total. The maximum Gasteiger partial charge on any atom is 0.238 e. The van der Waals surface area contributed by atoms with Gasteiger partial charge < -0.3 is 9.47 Å². The van der Waals surface area contributed by atoms with Crippen molar-refractivity contribution in [1.29, 1.82) is 0 Å². The van der Waals surface area contributed by atoms with Crippen molar-refractivity contribution >= 4 is 57.4 Å². The second-order valence-electron chi connectivity index (χ2n) is 9.47. The number of methoxy groups -OCH3 is 2. The summed E-state index contributed by atoms with van der Waals surface area (Å²) in [6.45, 7) is 0. The standard InChI is InChI=1S/C32H18N4O6/c1-41-25-13-31(33-15-37,34-16-38)23-7-3-5-19-9-11-21(29(25)27(19)23)22-12-10-20-6-4-8-24-28(20)30(22)26(42-2)14-32(24,35-17-39)36-18-40/h3-14H,1-2H3. The summed E-state index contributed by atoms with van der Waals surface area (Å²) in [6, 6.07) is 18.4. The summed E-state index contributed by atoms with van der Waals surface area (Å²) in [5.74, 6) is 0.634. The number of hydrogen-bond donors (Lipinski definition) is 0. The zero-order valence-electron chi connectivity index (χ0n) is 22.2. The summed E-state index contributed by atoms with van der Waals surface area (Å²) < 4.78 is 11.6. The number of hydrogen-bond acceptors (Lipinski definition) is 10. The van der Waals surface area contributed by atoms with Crippen LogP contribution in [-0.4, -0.2) is 38.5 Å². The van der Waals surface area contributed by atoms with Crippen LogP contribution in [0.4, 0.5) is 0 Å². The van der Waals surface area contributed by atoms with Gasteiger partial charge in [-0.05, 0) is 21.9 Å². The fourth-order valence-corrected chi connectivity index (χ4v) is 6.02. The Bertz CT molecular complexity index is 1920. The zero-order chi connectivity index (χ0) is 29.5. The molecule has 0 spiro atoms. The maximum atomic E-state index is 11.5. The third kappa shape index (κ3) is 3.56. The Labute approximate surface area is 237 Å². The smallest absolute Gasteiger partial charge is 0.238 e. The van der Waals surface area contributed by atoms with Crippen LogP contribution in [0.2, 0.25) is 0 Å². The van der Waals surface area contributed by atoms with Crippen LogP contribution >= 0.6 is 0 Å². The highest BCUT2D eigenvalue weighted by Gasteiger charge is 2.41. The van der Waals surface area contributed by atoms with Crippen molar-refractivity contribution in [3.8, 4) is 11.1 Å². The summed E-state index contributed by atoms with van der Waals surface area (Å²) >= 11 is 0. The maximum absolute atomic E-state index is 11.5. The second kappa shape index (κ2) is 9.88. The van der Waals surface area contributed by atoms with Gasteiger partial charge in [-0.1, -0.05) is 60.7 Å². The van der Waals surface area contributed by atoms with E-state index in [4.69, 9.17) is 9.47 Å². The van der Waals surface area contributed by atoms with Gasteiger partial charge in [-0.15, -0.1) is 0 Å². The van der Waals surface area contributed by atoms with Gasteiger partial charge in [0.2, 0.25) is 35.6 Å². The van der Waals surface area contributed by atoms with Gasteiger partial charge in [0.05, 0.1) is 14.2 Å². The average Bonchev–Trinajstić information content (AvgIpc) is 3.01. The molecule has 6 rings (SSSR count). The summed E-state index contributed by atoms with van der Waals surface area (Å²) in [5, 5.41) is 2.91. The molecule has 0 saturated heterocycles. The molecule has 0 amide bonds. The monoisotopic (exact) mass is 554 g/mol. The van der Waals surface area contributed by atoms with Gasteiger partial charge in [0.1, 0.15) is 11.5 Å². The van der Waals surface area contributed by atoms with Crippen molar-refractivity contribution in [3.05, 3.63) is 95.1 Å². The van der Waals surface area contributed by atoms with E-state index in [-0.39, 0.29) is 0 Å². The zero-order valence-corrected chi connectivity index (χ0v) is 22.2. The van der Waals surface area contributed by atoms with E-state index in [1.165, 1.54) is 50.7 Å². The molecule has 42 heavy (non-hydrogen) atoms. The Kier molecular flexibility index (Phi) is 6.17. The Morgan fingerprint density at radius 2 is 0.929 bits per heavy atom. The number of ether oxygens (including phenoxy) is 2. The van der Waals surface area contributed by atoms with Crippen LogP contribution in [-0.2, 0) is 40.0 Å². The van der Waals surface area contributed by atoms with Crippen molar-refractivity contribution in [2.75, 3.05) is 14.2 Å². The highest BCUT2D eigenvalue weighted by Crippen LogP contribution is 2.51. The van der Waals surface area contributed by atoms with E-state index in [1.54, 1.807) is 24.3 Å². The van der Waals surface area contributed by atoms with E-state index in [1.807, 2.05) is 36.4 Å². The quantitative estimate of drug-likeness (QED) is 0.224. The van der Waals surface area contributed by atoms with E-state index in [0.29, 0.717) is 44.5 Å². The number of aliphatic imine (C=N–C) groups is 4. The molecule has 0 heterocycles. The van der Waals surface area contributed by atoms with E-state index in [0.717, 1.165) is 21.9 Å². The highest BCUT2D eigenvalue weighted by molar-refractivity contribution is 6.09. The SMILES string of the molecule is COC1=CC(N=C=O)(N=C=O)c2cccc3ccc(-c4ccc5cccc6c5c4C(OC)=CC6(N=C=O)N=C=O)c1c23. The predicted octanol–water partition coefficient (Wildman–Crippen LogP) is 5.31. The number of rotatable bonds is 7. The topological polar surface area (TPSA) is 136 Å². The average molecular weight is 555 g/mol. The van der Waals surface area contributed by atoms with E-state index >= 15 is 0 Å². The molecule has 10 nitrogen and oxygen atoms in total. The summed E-state index contributed by atoms with van der Waals surface area (Å²) in [5.41, 5.74) is 0.316. The fourth-order valence-electron chi connectivity index (χ4n) is 6.02. The lowest BCUT2D eigenvalue weighted by molar-refractivity contribution is 0.362. The first-order valence-electron chi connectivity index (χ1n) is 12.5. The molecule has 0 atom stereocenters. The minimum absolute atomic E-state index is 0.317. The molecule has 202 valence electrons. The molecule has 2 aliphatic carbocycles. The Balaban J connectivity index is 1.78. The van der Waals surface area contributed by atoms with Crippen molar-refractivity contribution in [2.24, 2.45) is 20.0 Å². The largest absolute Gasteiger partial charge is 0.496 e. The third-order valence-electron chi connectivity index (χ3n) is 7.64. The lowest BCUT2D eigenvalue weighted by Gasteiger charge is -2.31. The Hall–Kier alpha value is -6.00. The van der Waals surface area contributed by atoms with Gasteiger partial charge in [0.25, 0.3) is 0 Å². The first-order valence-corrected chi connectivity index (χ1v) is 12.5. The summed E-state index contributed by atoms with van der Waals surface area (Å²) in [4.78, 5) is 61.6. The molecular formula is C32H18N4O6. The third-order valence-corrected chi connectivity index (χ3v) is 7.64. The molecule has 0 radical (unpaired) electrons. The summed E-state index contributed by atoms with van der Waals surface area (Å²) in [7, 11) is 2.93. The van der Waals surface area contributed by atoms with Crippen molar-refractivity contribution in [1.82, 2.24) is 0 Å². The van der Waals surface area contributed by atoms with E-state index < -0.39 is 11.3 Å². The first-order chi connectivity index (χ1) is 20.5. The molecule has 0 aromatic heterocycles. The van der Waals surface area contributed by atoms with Gasteiger partial charge in [0, 0.05) is 45.2 Å². The number of isocyanates is 4.